The molecular formula is C25H31N3O3. The number of anilines is 2. The molecule has 6 heteroatoms. The Morgan fingerprint density at radius 2 is 1.74 bits per heavy atom. The molecule has 1 saturated heterocycles. The Kier molecular flexibility index (Phi) is 6.87. The molecule has 2 amide bonds. The van der Waals surface area contributed by atoms with Crippen LogP contribution in [0.4, 0.5) is 11.4 Å². The van der Waals surface area contributed by atoms with Gasteiger partial charge < -0.3 is 15.0 Å². The van der Waals surface area contributed by atoms with Crippen molar-refractivity contribution in [1.29, 1.82) is 0 Å². The van der Waals surface area contributed by atoms with Crippen LogP contribution in [0.1, 0.15) is 38.2 Å². The van der Waals surface area contributed by atoms with Crippen molar-refractivity contribution in [3.05, 3.63) is 54.1 Å². The number of carbonyl (C=O) groups excluding carboxylic acids is 2. The van der Waals surface area contributed by atoms with Gasteiger partial charge in [-0.15, -0.1) is 0 Å². The van der Waals surface area contributed by atoms with E-state index in [-0.39, 0.29) is 24.7 Å². The lowest BCUT2D eigenvalue weighted by Gasteiger charge is -2.30. The molecule has 2 aliphatic rings. The van der Waals surface area contributed by atoms with Gasteiger partial charge in [-0.25, -0.2) is 0 Å². The Labute approximate surface area is 184 Å². The lowest BCUT2D eigenvalue weighted by atomic mass is 9.99. The number of hydrogen-bond donors (Lipinski definition) is 1. The molecule has 6 nitrogen and oxygen atoms in total. The monoisotopic (exact) mass is 421 g/mol. The molecule has 0 bridgehead atoms. The maximum absolute atomic E-state index is 12.7. The minimum Gasteiger partial charge on any atom is -0.490 e. The van der Waals surface area contributed by atoms with E-state index in [1.807, 2.05) is 36.4 Å². The van der Waals surface area contributed by atoms with Crippen molar-refractivity contribution < 1.29 is 14.3 Å². The van der Waals surface area contributed by atoms with Gasteiger partial charge >= 0.3 is 0 Å². The molecule has 1 N–H and O–H groups in total. The van der Waals surface area contributed by atoms with Gasteiger partial charge in [0.25, 0.3) is 0 Å². The molecule has 164 valence electrons. The van der Waals surface area contributed by atoms with Crippen LogP contribution in [0.3, 0.4) is 0 Å². The predicted molar refractivity (Wildman–Crippen MR) is 122 cm³/mol. The molecule has 2 heterocycles. The van der Waals surface area contributed by atoms with Crippen molar-refractivity contribution in [2.75, 3.05) is 36.5 Å². The summed E-state index contributed by atoms with van der Waals surface area (Å²) in [6.07, 6.45) is 2.86. The third kappa shape index (κ3) is 5.64. The zero-order chi connectivity index (χ0) is 21.6. The molecule has 31 heavy (non-hydrogen) atoms. The van der Waals surface area contributed by atoms with Crippen LogP contribution in [0.15, 0.2) is 48.5 Å². The highest BCUT2D eigenvalue weighted by Gasteiger charge is 2.23. The molecule has 0 spiro atoms. The molecular weight excluding hydrogens is 390 g/mol. The summed E-state index contributed by atoms with van der Waals surface area (Å²) in [6.45, 7) is 6.56. The van der Waals surface area contributed by atoms with Crippen LogP contribution < -0.4 is 15.0 Å². The fourth-order valence-electron chi connectivity index (χ4n) is 4.18. The number of amides is 2. The van der Waals surface area contributed by atoms with E-state index in [0.29, 0.717) is 18.9 Å². The van der Waals surface area contributed by atoms with E-state index in [0.717, 1.165) is 36.9 Å². The van der Waals surface area contributed by atoms with Crippen molar-refractivity contribution in [2.45, 2.75) is 39.2 Å². The zero-order valence-corrected chi connectivity index (χ0v) is 18.2. The maximum Gasteiger partial charge on any atom is 0.227 e. The molecule has 0 atom stereocenters. The first kappa shape index (κ1) is 21.4. The first-order valence-corrected chi connectivity index (χ1v) is 11.2. The average Bonchev–Trinajstić information content (AvgIpc) is 2.80. The van der Waals surface area contributed by atoms with Crippen molar-refractivity contribution in [3.8, 4) is 5.75 Å². The van der Waals surface area contributed by atoms with E-state index in [4.69, 9.17) is 4.74 Å². The summed E-state index contributed by atoms with van der Waals surface area (Å²) in [6, 6.07) is 15.5. The smallest absolute Gasteiger partial charge is 0.227 e. The van der Waals surface area contributed by atoms with Crippen LogP contribution in [0, 0.1) is 5.92 Å². The van der Waals surface area contributed by atoms with Gasteiger partial charge in [0.15, 0.2) is 0 Å². The second-order valence-corrected chi connectivity index (χ2v) is 8.57. The highest BCUT2D eigenvalue weighted by molar-refractivity contribution is 5.99. The Bertz CT molecular complexity index is 904. The summed E-state index contributed by atoms with van der Waals surface area (Å²) in [5.74, 6) is 1.34. The quantitative estimate of drug-likeness (QED) is 0.764. The van der Waals surface area contributed by atoms with E-state index >= 15 is 0 Å². The molecule has 2 aromatic carbocycles. The van der Waals surface area contributed by atoms with E-state index in [9.17, 15) is 9.59 Å². The number of piperidine rings is 1. The molecule has 0 aliphatic carbocycles. The van der Waals surface area contributed by atoms with Crippen molar-refractivity contribution in [1.82, 2.24) is 4.90 Å². The number of carbonyl (C=O) groups is 2. The Hall–Kier alpha value is -2.86. The van der Waals surface area contributed by atoms with Crippen LogP contribution >= 0.6 is 0 Å². The maximum atomic E-state index is 12.7. The second-order valence-electron chi connectivity index (χ2n) is 8.57. The van der Waals surface area contributed by atoms with Crippen molar-refractivity contribution >= 4 is 23.2 Å². The Morgan fingerprint density at radius 1 is 1.00 bits per heavy atom. The summed E-state index contributed by atoms with van der Waals surface area (Å²) >= 11 is 0. The van der Waals surface area contributed by atoms with Crippen LogP contribution in [0.5, 0.6) is 5.75 Å². The summed E-state index contributed by atoms with van der Waals surface area (Å²) in [5.41, 5.74) is 2.80. The third-order valence-electron chi connectivity index (χ3n) is 6.12. The van der Waals surface area contributed by atoms with E-state index in [2.05, 4.69) is 29.3 Å². The molecule has 4 rings (SSSR count). The summed E-state index contributed by atoms with van der Waals surface area (Å²) in [4.78, 5) is 29.2. The summed E-state index contributed by atoms with van der Waals surface area (Å²) < 4.78 is 5.59. The van der Waals surface area contributed by atoms with Gasteiger partial charge in [-0.3, -0.25) is 14.5 Å². The number of benzene rings is 2. The molecule has 2 aliphatic heterocycles. The van der Waals surface area contributed by atoms with E-state index in [1.54, 1.807) is 4.90 Å². The number of nitrogens with zero attached hydrogens (tertiary/aromatic N) is 2. The standard InChI is InChI=1S/C25H31N3O3/c1-19-12-14-27(15-13-19)18-20-6-8-21(9-7-20)26-24(29)10-11-25(30)28-16-17-31-23-5-3-2-4-22(23)28/h2-9,19H,10-18H2,1H3,(H,26,29). The number of hydrogen-bond acceptors (Lipinski definition) is 4. The second kappa shape index (κ2) is 9.96. The van der Waals surface area contributed by atoms with Crippen LogP contribution in [0.25, 0.3) is 0 Å². The molecule has 2 aromatic rings. The van der Waals surface area contributed by atoms with E-state index in [1.165, 1.54) is 18.4 Å². The molecule has 0 aromatic heterocycles. The number of nitrogens with one attached hydrogen (secondary N) is 1. The average molecular weight is 422 g/mol. The van der Waals surface area contributed by atoms with Crippen LogP contribution in [-0.2, 0) is 16.1 Å². The largest absolute Gasteiger partial charge is 0.490 e. The Morgan fingerprint density at radius 3 is 2.52 bits per heavy atom. The normalized spacial score (nSPS) is 17.0. The number of fused-ring (bicyclic) bond motifs is 1. The lowest BCUT2D eigenvalue weighted by Crippen LogP contribution is -2.38. The molecule has 0 saturated carbocycles. The summed E-state index contributed by atoms with van der Waals surface area (Å²) in [7, 11) is 0. The highest BCUT2D eigenvalue weighted by atomic mass is 16.5. The van der Waals surface area contributed by atoms with Crippen LogP contribution in [0.2, 0.25) is 0 Å². The first-order chi connectivity index (χ1) is 15.1. The molecule has 0 unspecified atom stereocenters. The molecule has 0 radical (unpaired) electrons. The zero-order valence-electron chi connectivity index (χ0n) is 18.2. The topological polar surface area (TPSA) is 61.9 Å². The minimum atomic E-state index is -0.146. The first-order valence-electron chi connectivity index (χ1n) is 11.2. The lowest BCUT2D eigenvalue weighted by molar-refractivity contribution is -0.122. The van der Waals surface area contributed by atoms with Gasteiger partial charge in [0, 0.05) is 25.1 Å². The number of likely N-dealkylation sites (tertiary alicyclic amines) is 1. The van der Waals surface area contributed by atoms with Gasteiger partial charge in [0.1, 0.15) is 12.4 Å². The number of para-hydroxylation sites is 2. The Balaban J connectivity index is 1.24. The fourth-order valence-corrected chi connectivity index (χ4v) is 4.18. The third-order valence-corrected chi connectivity index (χ3v) is 6.12. The van der Waals surface area contributed by atoms with Crippen molar-refractivity contribution in [3.63, 3.8) is 0 Å². The van der Waals surface area contributed by atoms with Gasteiger partial charge in [-0.2, -0.15) is 0 Å². The number of rotatable bonds is 6. The molecule has 1 fully saturated rings. The minimum absolute atomic E-state index is 0.0582. The number of ether oxygens (including phenoxy) is 1. The van der Waals surface area contributed by atoms with Gasteiger partial charge in [0.05, 0.1) is 12.2 Å². The van der Waals surface area contributed by atoms with Crippen molar-refractivity contribution in [2.24, 2.45) is 5.92 Å². The predicted octanol–water partition coefficient (Wildman–Crippen LogP) is 4.06. The summed E-state index contributed by atoms with van der Waals surface area (Å²) in [5, 5.41) is 2.91. The fraction of sp³-hybridized carbons (Fsp3) is 0.440. The van der Waals surface area contributed by atoms with Gasteiger partial charge in [-0.1, -0.05) is 31.2 Å². The van der Waals surface area contributed by atoms with E-state index < -0.39 is 0 Å². The highest BCUT2D eigenvalue weighted by Crippen LogP contribution is 2.31. The SMILES string of the molecule is CC1CCN(Cc2ccc(NC(=O)CCC(=O)N3CCOc4ccccc43)cc2)CC1. The van der Waals surface area contributed by atoms with Gasteiger partial charge in [0.2, 0.25) is 11.8 Å². The van der Waals surface area contributed by atoms with Crippen LogP contribution in [-0.4, -0.2) is 43.0 Å². The van der Waals surface area contributed by atoms with Gasteiger partial charge in [-0.05, 0) is 61.7 Å².